The summed E-state index contributed by atoms with van der Waals surface area (Å²) < 4.78 is 41.7. The van der Waals surface area contributed by atoms with E-state index in [0.29, 0.717) is 34.9 Å². The van der Waals surface area contributed by atoms with E-state index >= 15 is 0 Å². The van der Waals surface area contributed by atoms with Gasteiger partial charge in [0, 0.05) is 12.0 Å². The van der Waals surface area contributed by atoms with Gasteiger partial charge in [-0.1, -0.05) is 12.1 Å². The predicted molar refractivity (Wildman–Crippen MR) is 103 cm³/mol. The Morgan fingerprint density at radius 1 is 0.963 bits per heavy atom. The highest BCUT2D eigenvalue weighted by atomic mass is 32.2. The lowest BCUT2D eigenvalue weighted by Crippen LogP contribution is -2.25. The fraction of sp³-hybridized carbons (Fsp3) is 0.316. The molecule has 0 bridgehead atoms. The Kier molecular flexibility index (Phi) is 5.27. The monoisotopic (exact) mass is 390 g/mol. The summed E-state index contributed by atoms with van der Waals surface area (Å²) in [5.74, 6) is 1.96. The van der Waals surface area contributed by atoms with Gasteiger partial charge in [-0.2, -0.15) is 9.52 Å². The second-order valence-electron chi connectivity index (χ2n) is 6.14. The van der Waals surface area contributed by atoms with E-state index in [4.69, 9.17) is 14.2 Å². The molecule has 27 heavy (non-hydrogen) atoms. The number of hydrazone groups is 1. The molecule has 0 radical (unpaired) electrons. The average molecular weight is 390 g/mol. The third-order valence-electron chi connectivity index (χ3n) is 4.43. The van der Waals surface area contributed by atoms with E-state index < -0.39 is 16.1 Å². The van der Waals surface area contributed by atoms with Crippen LogP contribution in [0.15, 0.2) is 47.6 Å². The maximum Gasteiger partial charge on any atom is 0.247 e. The Morgan fingerprint density at radius 3 is 2.15 bits per heavy atom. The van der Waals surface area contributed by atoms with Crippen LogP contribution in [0.25, 0.3) is 0 Å². The van der Waals surface area contributed by atoms with Crippen molar-refractivity contribution in [2.45, 2.75) is 12.5 Å². The molecule has 8 heteroatoms. The van der Waals surface area contributed by atoms with Gasteiger partial charge in [0.25, 0.3) is 0 Å². The second-order valence-corrected chi connectivity index (χ2v) is 7.98. The molecule has 3 rings (SSSR count). The van der Waals surface area contributed by atoms with E-state index in [-0.39, 0.29) is 0 Å². The minimum Gasteiger partial charge on any atom is -0.497 e. The predicted octanol–water partition coefficient (Wildman–Crippen LogP) is 2.82. The van der Waals surface area contributed by atoms with Crippen molar-refractivity contribution in [3.8, 4) is 17.2 Å². The summed E-state index contributed by atoms with van der Waals surface area (Å²) in [6, 6.07) is 12.2. The Balaban J connectivity index is 2.03. The molecular formula is C19H22N2O5S. The number of ether oxygens (including phenoxy) is 3. The number of hydrogen-bond donors (Lipinski definition) is 0. The standard InChI is InChI=1S/C19H22N2O5S/c1-24-14-7-5-13(6-8-14)18-12-17(20-21(18)27(4,22)23)16-11-15(25-2)9-10-19(16)26-3/h5-11,18H,12H2,1-4H3. The van der Waals surface area contributed by atoms with Gasteiger partial charge in [-0.3, -0.25) is 0 Å². The second kappa shape index (κ2) is 7.48. The van der Waals surface area contributed by atoms with E-state index in [9.17, 15) is 8.42 Å². The lowest BCUT2D eigenvalue weighted by Gasteiger charge is -2.21. The Bertz CT molecular complexity index is 955. The van der Waals surface area contributed by atoms with Crippen LogP contribution in [0.1, 0.15) is 23.6 Å². The molecule has 0 fully saturated rings. The maximum absolute atomic E-state index is 12.3. The van der Waals surface area contributed by atoms with Gasteiger partial charge in [-0.05, 0) is 35.9 Å². The van der Waals surface area contributed by atoms with Crippen LogP contribution in [0.3, 0.4) is 0 Å². The number of rotatable bonds is 6. The molecule has 0 aromatic heterocycles. The minimum absolute atomic E-state index is 0.420. The number of hydrogen-bond acceptors (Lipinski definition) is 6. The quantitative estimate of drug-likeness (QED) is 0.758. The van der Waals surface area contributed by atoms with Gasteiger partial charge in [-0.15, -0.1) is 0 Å². The van der Waals surface area contributed by atoms with Crippen LogP contribution >= 0.6 is 0 Å². The molecule has 0 aliphatic carbocycles. The number of nitrogens with zero attached hydrogens (tertiary/aromatic N) is 2. The molecule has 7 nitrogen and oxygen atoms in total. The lowest BCUT2D eigenvalue weighted by molar-refractivity contribution is 0.374. The first-order valence-electron chi connectivity index (χ1n) is 8.30. The van der Waals surface area contributed by atoms with Crippen molar-refractivity contribution in [1.82, 2.24) is 4.41 Å². The van der Waals surface area contributed by atoms with Crippen LogP contribution < -0.4 is 14.2 Å². The average Bonchev–Trinajstić information content (AvgIpc) is 3.13. The van der Waals surface area contributed by atoms with Crippen molar-refractivity contribution < 1.29 is 22.6 Å². The highest BCUT2D eigenvalue weighted by molar-refractivity contribution is 7.88. The topological polar surface area (TPSA) is 77.4 Å². The molecule has 0 saturated carbocycles. The summed E-state index contributed by atoms with van der Waals surface area (Å²) in [6.07, 6.45) is 1.57. The summed E-state index contributed by atoms with van der Waals surface area (Å²) in [5.41, 5.74) is 2.17. The normalized spacial score (nSPS) is 16.8. The molecule has 1 aliphatic heterocycles. The van der Waals surface area contributed by atoms with Crippen LogP contribution in [0.2, 0.25) is 0 Å². The Morgan fingerprint density at radius 2 is 1.59 bits per heavy atom. The fourth-order valence-electron chi connectivity index (χ4n) is 3.07. The van der Waals surface area contributed by atoms with E-state index in [2.05, 4.69) is 5.10 Å². The van der Waals surface area contributed by atoms with E-state index in [1.807, 2.05) is 12.1 Å². The first-order valence-corrected chi connectivity index (χ1v) is 10.2. The molecular weight excluding hydrogens is 368 g/mol. The molecule has 2 aromatic rings. The molecule has 1 heterocycles. The molecule has 1 unspecified atom stereocenters. The summed E-state index contributed by atoms with van der Waals surface area (Å²) >= 11 is 0. The van der Waals surface area contributed by atoms with Crippen LogP contribution in [0.5, 0.6) is 17.2 Å². The maximum atomic E-state index is 12.3. The lowest BCUT2D eigenvalue weighted by atomic mass is 9.98. The first kappa shape index (κ1) is 19.0. The van der Waals surface area contributed by atoms with Crippen molar-refractivity contribution in [2.75, 3.05) is 27.6 Å². The Hall–Kier alpha value is -2.74. The van der Waals surface area contributed by atoms with Crippen molar-refractivity contribution in [3.05, 3.63) is 53.6 Å². The molecule has 2 aromatic carbocycles. The smallest absolute Gasteiger partial charge is 0.247 e. The summed E-state index contributed by atoms with van der Waals surface area (Å²) in [6.45, 7) is 0. The summed E-state index contributed by atoms with van der Waals surface area (Å²) in [4.78, 5) is 0. The van der Waals surface area contributed by atoms with Crippen LogP contribution in [0.4, 0.5) is 0 Å². The molecule has 144 valence electrons. The van der Waals surface area contributed by atoms with E-state index in [1.165, 1.54) is 0 Å². The first-order chi connectivity index (χ1) is 12.9. The minimum atomic E-state index is -3.55. The zero-order valence-electron chi connectivity index (χ0n) is 15.7. The van der Waals surface area contributed by atoms with Gasteiger partial charge < -0.3 is 14.2 Å². The number of benzene rings is 2. The van der Waals surface area contributed by atoms with Gasteiger partial charge in [0.15, 0.2) is 0 Å². The fourth-order valence-corrected chi connectivity index (χ4v) is 3.98. The van der Waals surface area contributed by atoms with Gasteiger partial charge >= 0.3 is 0 Å². The van der Waals surface area contributed by atoms with Gasteiger partial charge in [0.2, 0.25) is 10.0 Å². The van der Waals surface area contributed by atoms with Crippen LogP contribution in [0, 0.1) is 0 Å². The number of sulfonamides is 1. The van der Waals surface area contributed by atoms with E-state index in [1.54, 1.807) is 51.7 Å². The van der Waals surface area contributed by atoms with Gasteiger partial charge in [-0.25, -0.2) is 8.42 Å². The molecule has 1 atom stereocenters. The zero-order valence-corrected chi connectivity index (χ0v) is 16.5. The molecule has 0 amide bonds. The number of methoxy groups -OCH3 is 3. The van der Waals surface area contributed by atoms with Crippen molar-refractivity contribution in [1.29, 1.82) is 0 Å². The van der Waals surface area contributed by atoms with Crippen molar-refractivity contribution >= 4 is 15.7 Å². The third-order valence-corrected chi connectivity index (χ3v) is 5.45. The summed E-state index contributed by atoms with van der Waals surface area (Å²) in [7, 11) is 1.18. The third kappa shape index (κ3) is 3.85. The van der Waals surface area contributed by atoms with Crippen LogP contribution in [-0.2, 0) is 10.0 Å². The van der Waals surface area contributed by atoms with Crippen molar-refractivity contribution in [3.63, 3.8) is 0 Å². The van der Waals surface area contributed by atoms with Crippen LogP contribution in [-0.4, -0.2) is 46.1 Å². The SMILES string of the molecule is COc1ccc(C2CC(c3cc(OC)ccc3OC)=NN2S(C)(=O)=O)cc1. The largest absolute Gasteiger partial charge is 0.497 e. The molecule has 0 saturated heterocycles. The highest BCUT2D eigenvalue weighted by Gasteiger charge is 2.35. The van der Waals surface area contributed by atoms with E-state index in [0.717, 1.165) is 16.2 Å². The molecule has 0 N–H and O–H groups in total. The van der Waals surface area contributed by atoms with Crippen molar-refractivity contribution in [2.24, 2.45) is 5.10 Å². The molecule has 1 aliphatic rings. The van der Waals surface area contributed by atoms with Gasteiger partial charge in [0.05, 0.1) is 39.3 Å². The summed E-state index contributed by atoms with van der Waals surface area (Å²) in [5, 5.41) is 4.41. The van der Waals surface area contributed by atoms with Gasteiger partial charge in [0.1, 0.15) is 17.2 Å². The highest BCUT2D eigenvalue weighted by Crippen LogP contribution is 2.37. The molecule has 0 spiro atoms. The zero-order chi connectivity index (χ0) is 19.6. The Labute approximate surface area is 159 Å².